The Morgan fingerprint density at radius 2 is 2.00 bits per heavy atom. The molecule has 0 radical (unpaired) electrons. The Hall–Kier alpha value is -3.66. The van der Waals surface area contributed by atoms with E-state index in [4.69, 9.17) is 10.5 Å². The molecule has 10 nitrogen and oxygen atoms in total. The van der Waals surface area contributed by atoms with Crippen LogP contribution in [0, 0.1) is 0 Å². The Morgan fingerprint density at radius 3 is 2.68 bits per heavy atom. The minimum absolute atomic E-state index is 0.0424. The average molecular weight is 423 g/mol. The first-order valence-electron chi connectivity index (χ1n) is 10.2. The first-order valence-corrected chi connectivity index (χ1v) is 10.2. The number of ether oxygens (including phenoxy) is 1. The van der Waals surface area contributed by atoms with E-state index >= 15 is 0 Å². The molecule has 1 aliphatic rings. The van der Waals surface area contributed by atoms with Crippen LogP contribution in [0.3, 0.4) is 0 Å². The van der Waals surface area contributed by atoms with Crippen LogP contribution < -0.4 is 26.4 Å². The van der Waals surface area contributed by atoms with Crippen LogP contribution in [0.2, 0.25) is 0 Å². The second-order valence-electron chi connectivity index (χ2n) is 7.13. The average Bonchev–Trinajstić information content (AvgIpc) is 3.05. The topological polar surface area (TPSA) is 120 Å². The van der Waals surface area contributed by atoms with Crippen LogP contribution in [-0.4, -0.2) is 51.2 Å². The lowest BCUT2D eigenvalue weighted by molar-refractivity contribution is 0.0998. The van der Waals surface area contributed by atoms with Gasteiger partial charge < -0.3 is 20.7 Å². The van der Waals surface area contributed by atoms with Gasteiger partial charge in [0, 0.05) is 39.3 Å². The van der Waals surface area contributed by atoms with E-state index in [0.717, 1.165) is 26.2 Å². The number of imidazole rings is 1. The molecule has 1 fully saturated rings. The summed E-state index contributed by atoms with van der Waals surface area (Å²) in [6.45, 7) is 9.51. The molecule has 0 spiro atoms. The number of nitrogens with zero attached hydrogens (tertiary/aromatic N) is 5. The number of rotatable bonds is 7. The lowest BCUT2D eigenvalue weighted by Gasteiger charge is -2.29. The molecule has 0 bridgehead atoms. The molecule has 1 saturated heterocycles. The number of hydrogen-bond acceptors (Lipinski definition) is 7. The Morgan fingerprint density at radius 1 is 1.26 bits per heavy atom. The number of anilines is 1. The second-order valence-corrected chi connectivity index (χ2v) is 7.13. The maximum absolute atomic E-state index is 13.0. The first-order chi connectivity index (χ1) is 15.0. The van der Waals surface area contributed by atoms with E-state index < -0.39 is 5.91 Å². The number of nitrogens with two attached hydrogens (primary N) is 1. The number of piperazine rings is 1. The number of allylic oxidation sites excluding steroid dienone is 1. The molecule has 1 aliphatic heterocycles. The van der Waals surface area contributed by atoms with Crippen molar-refractivity contribution in [1.29, 1.82) is 0 Å². The highest BCUT2D eigenvalue weighted by Gasteiger charge is 2.25. The number of primary amides is 1. The van der Waals surface area contributed by atoms with Crippen LogP contribution >= 0.6 is 0 Å². The Bertz CT molecular complexity index is 1190. The van der Waals surface area contributed by atoms with Crippen molar-refractivity contribution in [3.05, 3.63) is 53.0 Å². The number of para-hydroxylation sites is 1. The highest BCUT2D eigenvalue weighted by Crippen LogP contribution is 2.29. The molecule has 0 saturated carbocycles. The summed E-state index contributed by atoms with van der Waals surface area (Å²) >= 11 is 0. The van der Waals surface area contributed by atoms with Gasteiger partial charge in [0.05, 0.1) is 5.56 Å². The van der Waals surface area contributed by atoms with E-state index in [1.54, 1.807) is 39.5 Å². The van der Waals surface area contributed by atoms with E-state index in [9.17, 15) is 9.59 Å². The molecule has 0 atom stereocenters. The molecular weight excluding hydrogens is 398 g/mol. The Balaban J connectivity index is 1.93. The molecule has 0 aliphatic carbocycles. The molecular formula is C21H25N7O3. The van der Waals surface area contributed by atoms with Gasteiger partial charge in [-0.2, -0.15) is 9.97 Å². The van der Waals surface area contributed by atoms with Gasteiger partial charge in [-0.15, -0.1) is 6.58 Å². The van der Waals surface area contributed by atoms with Crippen molar-refractivity contribution in [3.63, 3.8) is 0 Å². The summed E-state index contributed by atoms with van der Waals surface area (Å²) in [6, 6.07) is 6.69. The number of hydrogen-bond donors (Lipinski definition) is 2. The fraction of sp³-hybridized carbons (Fsp3) is 0.333. The number of fused-ring (bicyclic) bond motifs is 1. The number of benzene rings is 1. The lowest BCUT2D eigenvalue weighted by Crippen LogP contribution is -2.44. The van der Waals surface area contributed by atoms with Gasteiger partial charge >= 0.3 is 11.7 Å². The van der Waals surface area contributed by atoms with E-state index in [1.165, 1.54) is 0 Å². The van der Waals surface area contributed by atoms with Gasteiger partial charge in [-0.25, -0.2) is 4.79 Å². The molecule has 31 heavy (non-hydrogen) atoms. The third kappa shape index (κ3) is 3.77. The summed E-state index contributed by atoms with van der Waals surface area (Å²) in [5.74, 6) is 0.271. The van der Waals surface area contributed by atoms with Gasteiger partial charge in [-0.05, 0) is 19.1 Å². The number of nitrogens with one attached hydrogen (secondary N) is 1. The van der Waals surface area contributed by atoms with Crippen LogP contribution in [0.1, 0.15) is 17.3 Å². The van der Waals surface area contributed by atoms with E-state index in [-0.39, 0.29) is 23.0 Å². The van der Waals surface area contributed by atoms with Gasteiger partial charge in [0.2, 0.25) is 0 Å². The Labute approximate surface area is 178 Å². The smallest absolute Gasteiger partial charge is 0.330 e. The lowest BCUT2D eigenvalue weighted by atomic mass is 10.2. The van der Waals surface area contributed by atoms with Crippen molar-refractivity contribution in [2.45, 2.75) is 20.0 Å². The fourth-order valence-corrected chi connectivity index (χ4v) is 3.76. The number of amides is 1. The third-order valence-corrected chi connectivity index (χ3v) is 5.21. The van der Waals surface area contributed by atoms with Crippen LogP contribution in [-0.2, 0) is 13.1 Å². The molecule has 10 heteroatoms. The van der Waals surface area contributed by atoms with Crippen LogP contribution in [0.5, 0.6) is 11.8 Å². The van der Waals surface area contributed by atoms with Gasteiger partial charge in [-0.1, -0.05) is 18.2 Å². The maximum Gasteiger partial charge on any atom is 0.330 e. The minimum Gasteiger partial charge on any atom is -0.423 e. The number of carbonyl (C=O) groups is 1. The summed E-state index contributed by atoms with van der Waals surface area (Å²) in [6.07, 6.45) is 1.65. The molecule has 162 valence electrons. The van der Waals surface area contributed by atoms with Crippen LogP contribution in [0.15, 0.2) is 41.7 Å². The molecule has 3 aromatic rings. The van der Waals surface area contributed by atoms with Crippen LogP contribution in [0.25, 0.3) is 11.2 Å². The van der Waals surface area contributed by atoms with Gasteiger partial charge in [0.15, 0.2) is 11.5 Å². The van der Waals surface area contributed by atoms with Crippen molar-refractivity contribution >= 4 is 22.9 Å². The molecule has 0 unspecified atom stereocenters. The zero-order chi connectivity index (χ0) is 22.0. The Kier molecular flexibility index (Phi) is 5.72. The number of carbonyl (C=O) groups excluding carboxylic acids is 1. The SMILES string of the molecule is C=CCn1c(=O)n(CC)c2c(N3CCNCC3)nc(Oc3ccccc3C(N)=O)nc21. The summed E-state index contributed by atoms with van der Waals surface area (Å²) in [7, 11) is 0. The predicted molar refractivity (Wildman–Crippen MR) is 118 cm³/mol. The summed E-state index contributed by atoms with van der Waals surface area (Å²) < 4.78 is 9.12. The zero-order valence-electron chi connectivity index (χ0n) is 17.4. The number of aryl methyl sites for hydroxylation is 1. The predicted octanol–water partition coefficient (Wildman–Crippen LogP) is 1.10. The summed E-state index contributed by atoms with van der Waals surface area (Å²) in [4.78, 5) is 36.1. The second kappa shape index (κ2) is 8.60. The van der Waals surface area contributed by atoms with Gasteiger partial charge in [0.25, 0.3) is 5.91 Å². The fourth-order valence-electron chi connectivity index (χ4n) is 3.76. The van der Waals surface area contributed by atoms with Crippen molar-refractivity contribution < 1.29 is 9.53 Å². The largest absolute Gasteiger partial charge is 0.423 e. The normalized spacial score (nSPS) is 14.0. The summed E-state index contributed by atoms with van der Waals surface area (Å²) in [5.41, 5.74) is 6.64. The molecule has 2 aromatic heterocycles. The van der Waals surface area contributed by atoms with Crippen LogP contribution in [0.4, 0.5) is 5.82 Å². The number of aromatic nitrogens is 4. The van der Waals surface area contributed by atoms with Crippen molar-refractivity contribution in [2.24, 2.45) is 5.73 Å². The molecule has 1 aromatic carbocycles. The van der Waals surface area contributed by atoms with Crippen molar-refractivity contribution in [3.8, 4) is 11.8 Å². The van der Waals surface area contributed by atoms with Gasteiger partial charge in [-0.3, -0.25) is 13.9 Å². The van der Waals surface area contributed by atoms with E-state index in [2.05, 4.69) is 26.8 Å². The molecule has 4 rings (SSSR count). The van der Waals surface area contributed by atoms with E-state index in [0.29, 0.717) is 30.1 Å². The highest BCUT2D eigenvalue weighted by molar-refractivity contribution is 5.95. The molecule has 3 heterocycles. The van der Waals surface area contributed by atoms with Crippen molar-refractivity contribution in [1.82, 2.24) is 24.4 Å². The monoisotopic (exact) mass is 423 g/mol. The first kappa shape index (κ1) is 20.6. The minimum atomic E-state index is -0.611. The third-order valence-electron chi connectivity index (χ3n) is 5.21. The standard InChI is InChI=1S/C21H25N7O3/c1-3-11-28-19-16(27(4-2)21(28)30)18(26-12-9-23-10-13-26)24-20(25-19)31-15-8-6-5-7-14(15)17(22)29/h3,5-8,23H,1,4,9-13H2,2H3,(H2,22,29). The molecule has 3 N–H and O–H groups in total. The quantitative estimate of drug-likeness (QED) is 0.546. The zero-order valence-corrected chi connectivity index (χ0v) is 17.4. The molecule has 1 amide bonds. The van der Waals surface area contributed by atoms with Gasteiger partial charge in [0.1, 0.15) is 11.3 Å². The van der Waals surface area contributed by atoms with Crippen molar-refractivity contribution in [2.75, 3.05) is 31.1 Å². The van der Waals surface area contributed by atoms with E-state index in [1.807, 2.05) is 6.92 Å². The maximum atomic E-state index is 13.0. The summed E-state index contributed by atoms with van der Waals surface area (Å²) in [5, 5.41) is 3.32. The highest BCUT2D eigenvalue weighted by atomic mass is 16.5.